The van der Waals surface area contributed by atoms with Crippen LogP contribution in [0.2, 0.25) is 0 Å². The summed E-state index contributed by atoms with van der Waals surface area (Å²) in [6, 6.07) is 7.81. The Morgan fingerprint density at radius 1 is 1.09 bits per heavy atom. The first-order valence-electron chi connectivity index (χ1n) is 12.3. The molecule has 2 aliphatic heterocycles. The van der Waals surface area contributed by atoms with Crippen molar-refractivity contribution in [3.05, 3.63) is 24.3 Å². The second kappa shape index (κ2) is 10.1. The smallest absolute Gasteiger partial charge is 0.309 e. The molecule has 2 saturated carbocycles. The molecular formula is C25H34N2O4S2. The number of ether oxygens (including phenoxy) is 2. The molecule has 2 bridgehead atoms. The Bertz CT molecular complexity index is 836. The summed E-state index contributed by atoms with van der Waals surface area (Å²) in [4.78, 5) is 28.0. The standard InChI is InChI=1S/C25H34N2O4S2/c1-17(23(28)26-21-5-7-22(8-6-21)27-9-11-30-12-10-27)31-24(29)18-15-19-3-2-4-20(16-18)25(19)32-13-14-33-25/h5-8,17-20H,2-4,9-16H2,1H3,(H,26,28)/t17-,18?,19-,20+/m1/s1. The van der Waals surface area contributed by atoms with Gasteiger partial charge in [0.2, 0.25) is 0 Å². The quantitative estimate of drug-likeness (QED) is 0.614. The molecule has 4 atom stereocenters. The van der Waals surface area contributed by atoms with Gasteiger partial charge in [-0.2, -0.15) is 0 Å². The van der Waals surface area contributed by atoms with E-state index in [9.17, 15) is 9.59 Å². The average molecular weight is 491 g/mol. The van der Waals surface area contributed by atoms with Crippen LogP contribution in [0.3, 0.4) is 0 Å². The molecule has 33 heavy (non-hydrogen) atoms. The minimum Gasteiger partial charge on any atom is -0.452 e. The number of esters is 1. The first kappa shape index (κ1) is 23.4. The van der Waals surface area contributed by atoms with Gasteiger partial charge in [0.1, 0.15) is 0 Å². The van der Waals surface area contributed by atoms with Gasteiger partial charge in [-0.3, -0.25) is 9.59 Å². The van der Waals surface area contributed by atoms with Gasteiger partial charge in [-0.05, 0) is 68.7 Å². The molecule has 8 heteroatoms. The number of amides is 1. The Morgan fingerprint density at radius 3 is 2.36 bits per heavy atom. The Hall–Kier alpha value is -1.38. The molecule has 2 saturated heterocycles. The predicted molar refractivity (Wildman–Crippen MR) is 135 cm³/mol. The third kappa shape index (κ3) is 4.89. The molecule has 1 aromatic carbocycles. The van der Waals surface area contributed by atoms with Crippen LogP contribution in [0.1, 0.15) is 39.0 Å². The van der Waals surface area contributed by atoms with E-state index < -0.39 is 6.10 Å². The van der Waals surface area contributed by atoms with Crippen molar-refractivity contribution in [1.82, 2.24) is 0 Å². The monoisotopic (exact) mass is 490 g/mol. The van der Waals surface area contributed by atoms with Crippen molar-refractivity contribution in [3.8, 4) is 0 Å². The molecule has 2 aliphatic carbocycles. The third-order valence-corrected chi connectivity index (χ3v) is 11.6. The van der Waals surface area contributed by atoms with Crippen LogP contribution in [0.4, 0.5) is 11.4 Å². The minimum absolute atomic E-state index is 0.0734. The summed E-state index contributed by atoms with van der Waals surface area (Å²) < 4.78 is 11.4. The van der Waals surface area contributed by atoms with Crippen molar-refractivity contribution in [2.24, 2.45) is 17.8 Å². The number of thioether (sulfide) groups is 2. The van der Waals surface area contributed by atoms with Crippen LogP contribution in [-0.4, -0.2) is 59.9 Å². The highest BCUT2D eigenvalue weighted by atomic mass is 32.2. The summed E-state index contributed by atoms with van der Waals surface area (Å²) >= 11 is 4.28. The zero-order chi connectivity index (χ0) is 22.8. The lowest BCUT2D eigenvalue weighted by Gasteiger charge is -2.51. The molecule has 4 aliphatic rings. The molecule has 6 nitrogen and oxygen atoms in total. The lowest BCUT2D eigenvalue weighted by Crippen LogP contribution is -2.48. The third-order valence-electron chi connectivity index (χ3n) is 7.63. The number of nitrogens with one attached hydrogen (secondary N) is 1. The number of hydrogen-bond donors (Lipinski definition) is 1. The van der Waals surface area contributed by atoms with Crippen molar-refractivity contribution < 1.29 is 19.1 Å². The van der Waals surface area contributed by atoms with E-state index in [1.165, 1.54) is 30.8 Å². The van der Waals surface area contributed by atoms with Crippen LogP contribution in [-0.2, 0) is 19.1 Å². The normalized spacial score (nSPS) is 29.5. The van der Waals surface area contributed by atoms with Gasteiger partial charge in [-0.15, -0.1) is 23.5 Å². The van der Waals surface area contributed by atoms with Crippen LogP contribution in [0.5, 0.6) is 0 Å². The second-order valence-electron chi connectivity index (χ2n) is 9.63. The van der Waals surface area contributed by atoms with Gasteiger partial charge in [-0.1, -0.05) is 6.42 Å². The SMILES string of the molecule is C[C@@H](OC(=O)C1C[C@H]2CCC[C@@H](C1)C21SCCS1)C(=O)Nc1ccc(N2CCOCC2)cc1. The second-order valence-corrected chi connectivity index (χ2v) is 12.6. The summed E-state index contributed by atoms with van der Waals surface area (Å²) in [6.45, 7) is 4.90. The number of benzene rings is 1. The van der Waals surface area contributed by atoms with Gasteiger partial charge in [-0.25, -0.2) is 0 Å². The summed E-state index contributed by atoms with van der Waals surface area (Å²) in [6.07, 6.45) is 4.73. The van der Waals surface area contributed by atoms with Crippen LogP contribution in [0, 0.1) is 17.8 Å². The molecule has 180 valence electrons. The van der Waals surface area contributed by atoms with E-state index in [-0.39, 0.29) is 17.8 Å². The molecule has 1 amide bonds. The van der Waals surface area contributed by atoms with Gasteiger partial charge in [0, 0.05) is 36.0 Å². The molecule has 1 N–H and O–H groups in total. The Morgan fingerprint density at radius 2 is 1.73 bits per heavy atom. The summed E-state index contributed by atoms with van der Waals surface area (Å²) in [5.41, 5.74) is 1.83. The maximum absolute atomic E-state index is 13.0. The number of rotatable bonds is 5. The molecule has 1 spiro atoms. The average Bonchev–Trinajstić information content (AvgIpc) is 3.29. The van der Waals surface area contributed by atoms with Crippen LogP contribution >= 0.6 is 23.5 Å². The first-order valence-corrected chi connectivity index (χ1v) is 14.2. The predicted octanol–water partition coefficient (Wildman–Crippen LogP) is 4.40. The van der Waals surface area contributed by atoms with E-state index >= 15 is 0 Å². The van der Waals surface area contributed by atoms with Gasteiger partial charge in [0.25, 0.3) is 5.91 Å². The topological polar surface area (TPSA) is 67.9 Å². The van der Waals surface area contributed by atoms with Gasteiger partial charge in [0.15, 0.2) is 6.10 Å². The van der Waals surface area contributed by atoms with E-state index in [4.69, 9.17) is 9.47 Å². The van der Waals surface area contributed by atoms with Gasteiger partial charge >= 0.3 is 5.97 Å². The highest BCUT2D eigenvalue weighted by Crippen LogP contribution is 2.64. The van der Waals surface area contributed by atoms with E-state index in [1.54, 1.807) is 6.92 Å². The maximum atomic E-state index is 13.0. The molecule has 1 unspecified atom stereocenters. The lowest BCUT2D eigenvalue weighted by atomic mass is 9.67. The number of carbonyl (C=O) groups is 2. The number of carbonyl (C=O) groups excluding carboxylic acids is 2. The fraction of sp³-hybridized carbons (Fsp3) is 0.680. The van der Waals surface area contributed by atoms with E-state index in [0.717, 1.165) is 44.8 Å². The summed E-state index contributed by atoms with van der Waals surface area (Å²) in [5.74, 6) is 3.10. The molecule has 0 radical (unpaired) electrons. The van der Waals surface area contributed by atoms with Gasteiger partial charge in [0.05, 0.1) is 23.2 Å². The first-order chi connectivity index (χ1) is 16.0. The number of morpholine rings is 1. The van der Waals surface area contributed by atoms with Crippen molar-refractivity contribution >= 4 is 46.8 Å². The maximum Gasteiger partial charge on any atom is 0.309 e. The van der Waals surface area contributed by atoms with E-state index in [0.29, 0.717) is 21.6 Å². The molecule has 1 aromatic rings. The van der Waals surface area contributed by atoms with Crippen molar-refractivity contribution in [2.75, 3.05) is 48.0 Å². The fourth-order valence-corrected chi connectivity index (χ4v) is 9.88. The van der Waals surface area contributed by atoms with Crippen LogP contribution in [0.25, 0.3) is 0 Å². The summed E-state index contributed by atoms with van der Waals surface area (Å²) in [5, 5.41) is 2.89. The van der Waals surface area contributed by atoms with Crippen LogP contribution in [0.15, 0.2) is 24.3 Å². The Labute approximate surface area is 204 Å². The molecular weight excluding hydrogens is 456 g/mol. The number of hydrogen-bond acceptors (Lipinski definition) is 7. The zero-order valence-electron chi connectivity index (χ0n) is 19.3. The fourth-order valence-electron chi connectivity index (χ4n) is 5.95. The number of anilines is 2. The molecule has 5 rings (SSSR count). The van der Waals surface area contributed by atoms with E-state index in [2.05, 4.69) is 33.7 Å². The molecule has 4 fully saturated rings. The van der Waals surface area contributed by atoms with Crippen molar-refractivity contribution in [2.45, 2.75) is 49.2 Å². The van der Waals surface area contributed by atoms with E-state index in [1.807, 2.05) is 24.3 Å². The number of nitrogens with zero attached hydrogens (tertiary/aromatic N) is 1. The van der Waals surface area contributed by atoms with Gasteiger partial charge < -0.3 is 19.7 Å². The Kier molecular flexibility index (Phi) is 7.14. The summed E-state index contributed by atoms with van der Waals surface area (Å²) in [7, 11) is 0. The largest absolute Gasteiger partial charge is 0.452 e. The molecule has 2 heterocycles. The Balaban J connectivity index is 1.14. The molecule has 0 aromatic heterocycles. The minimum atomic E-state index is -0.803. The van der Waals surface area contributed by atoms with Crippen molar-refractivity contribution in [1.29, 1.82) is 0 Å². The zero-order valence-corrected chi connectivity index (χ0v) is 20.9. The van der Waals surface area contributed by atoms with Crippen molar-refractivity contribution in [3.63, 3.8) is 0 Å². The van der Waals surface area contributed by atoms with Crippen LogP contribution < -0.4 is 10.2 Å². The highest BCUT2D eigenvalue weighted by Gasteiger charge is 2.55. The highest BCUT2D eigenvalue weighted by molar-refractivity contribution is 8.21. The lowest BCUT2D eigenvalue weighted by molar-refractivity contribution is -0.159.